The molecule has 2 atom stereocenters. The Morgan fingerprint density at radius 2 is 1.93 bits per heavy atom. The number of nitrogens with zero attached hydrogens (tertiary/aromatic N) is 2. The molecule has 212 valence electrons. The van der Waals surface area contributed by atoms with Crippen LogP contribution in [0, 0.1) is 18.8 Å². The Kier molecular flexibility index (Phi) is 9.78. The van der Waals surface area contributed by atoms with Gasteiger partial charge in [0.15, 0.2) is 0 Å². The van der Waals surface area contributed by atoms with Crippen molar-refractivity contribution in [2.24, 2.45) is 11.8 Å². The van der Waals surface area contributed by atoms with E-state index in [0.717, 1.165) is 55.7 Å². The maximum absolute atomic E-state index is 13.2. The van der Waals surface area contributed by atoms with Gasteiger partial charge in [0.25, 0.3) is 0 Å². The Labute approximate surface area is 240 Å². The van der Waals surface area contributed by atoms with Crippen LogP contribution in [-0.2, 0) is 9.59 Å². The van der Waals surface area contributed by atoms with Crippen molar-refractivity contribution >= 4 is 17.3 Å². The largest absolute Gasteiger partial charge is 0.371 e. The van der Waals surface area contributed by atoms with E-state index in [0.29, 0.717) is 30.5 Å². The van der Waals surface area contributed by atoms with Crippen LogP contribution in [0.4, 0.5) is 0 Å². The summed E-state index contributed by atoms with van der Waals surface area (Å²) in [5.74, 6) is 1.32. The second kappa shape index (κ2) is 13.3. The first-order valence-corrected chi connectivity index (χ1v) is 14.7. The number of allylic oxidation sites excluding steroid dienone is 9. The lowest BCUT2D eigenvalue weighted by molar-refractivity contribution is -0.120. The summed E-state index contributed by atoms with van der Waals surface area (Å²) in [5, 5.41) is 3.20. The quantitative estimate of drug-likeness (QED) is 0.392. The first-order valence-electron chi connectivity index (χ1n) is 14.7. The molecule has 0 spiro atoms. The summed E-state index contributed by atoms with van der Waals surface area (Å²) in [7, 11) is 0. The third kappa shape index (κ3) is 8.03. The molecule has 0 bridgehead atoms. The zero-order valence-corrected chi connectivity index (χ0v) is 25.1. The van der Waals surface area contributed by atoms with Crippen molar-refractivity contribution in [2.75, 3.05) is 13.1 Å². The van der Waals surface area contributed by atoms with Crippen LogP contribution in [0.15, 0.2) is 82.4 Å². The third-order valence-corrected chi connectivity index (χ3v) is 8.08. The number of aryl methyl sites for hydroxylation is 1. The lowest BCUT2D eigenvalue weighted by atomic mass is 9.91. The first-order chi connectivity index (χ1) is 19.1. The van der Waals surface area contributed by atoms with Gasteiger partial charge >= 0.3 is 0 Å². The van der Waals surface area contributed by atoms with Crippen LogP contribution >= 0.6 is 0 Å². The van der Waals surface area contributed by atoms with Crippen molar-refractivity contribution in [3.05, 3.63) is 93.7 Å². The van der Waals surface area contributed by atoms with Crippen LogP contribution in [0.2, 0.25) is 0 Å². The number of pyridine rings is 1. The number of ketones is 1. The lowest BCUT2D eigenvalue weighted by Gasteiger charge is -2.26. The molecule has 0 saturated carbocycles. The molecule has 1 saturated heterocycles. The van der Waals surface area contributed by atoms with E-state index in [2.05, 4.69) is 85.4 Å². The van der Waals surface area contributed by atoms with E-state index < -0.39 is 0 Å². The standard InChI is InChI=1S/C35H45N3O2/c1-23-16-32(9-10-33(17-23)38-14-12-30(20-28(6)39)15-24(2)22-38)37-34(40)21-29-8-7-25(3)35(26(4)18-29)31-11-13-36-27(5)19-31/h8-11,13,17-19,24,30H,7,12,14-16,20-22H2,1-6H3,(H,37,40). The van der Waals surface area contributed by atoms with E-state index >= 15 is 0 Å². The fourth-order valence-electron chi connectivity index (χ4n) is 6.41. The second-order valence-corrected chi connectivity index (χ2v) is 12.2. The van der Waals surface area contributed by atoms with E-state index in [1.54, 1.807) is 6.92 Å². The Balaban J connectivity index is 1.42. The highest BCUT2D eigenvalue weighted by atomic mass is 16.1. The molecule has 1 aromatic rings. The van der Waals surface area contributed by atoms with Gasteiger partial charge in [-0.05, 0) is 118 Å². The summed E-state index contributed by atoms with van der Waals surface area (Å²) < 4.78 is 0. The van der Waals surface area contributed by atoms with E-state index in [-0.39, 0.29) is 5.91 Å². The average molecular weight is 540 g/mol. The van der Waals surface area contributed by atoms with Crippen molar-refractivity contribution in [3.8, 4) is 0 Å². The van der Waals surface area contributed by atoms with E-state index in [4.69, 9.17) is 0 Å². The zero-order valence-electron chi connectivity index (χ0n) is 25.1. The number of Topliss-reactive ketones (excluding diaryl/α,β-unsaturated/α-hetero) is 1. The molecule has 1 aromatic heterocycles. The number of nitrogens with one attached hydrogen (secondary N) is 1. The topological polar surface area (TPSA) is 62.3 Å². The number of aromatic nitrogens is 1. The molecule has 5 nitrogen and oxygen atoms in total. The SMILES string of the molecule is CC(=O)CC1CCN(C2=CC=C(NC(=O)CC3=CCC(C)=C(c4ccnc(C)c4)C(C)=C3)CC(C)=C2)CC(C)C1. The van der Waals surface area contributed by atoms with Crippen LogP contribution < -0.4 is 5.32 Å². The van der Waals surface area contributed by atoms with Crippen LogP contribution in [-0.4, -0.2) is 34.7 Å². The molecule has 3 aliphatic rings. The molecule has 0 aromatic carbocycles. The fraction of sp³-hybridized carbons (Fsp3) is 0.457. The smallest absolute Gasteiger partial charge is 0.228 e. The third-order valence-electron chi connectivity index (χ3n) is 8.08. The lowest BCUT2D eigenvalue weighted by Crippen LogP contribution is -2.26. The van der Waals surface area contributed by atoms with Gasteiger partial charge in [-0.2, -0.15) is 0 Å². The molecule has 2 heterocycles. The highest BCUT2D eigenvalue weighted by Gasteiger charge is 2.24. The number of amides is 1. The van der Waals surface area contributed by atoms with E-state index in [1.165, 1.54) is 33.6 Å². The maximum Gasteiger partial charge on any atom is 0.228 e. The Morgan fingerprint density at radius 3 is 2.67 bits per heavy atom. The first kappa shape index (κ1) is 29.5. The molecule has 4 rings (SSSR count). The normalized spacial score (nSPS) is 22.1. The van der Waals surface area contributed by atoms with Crippen molar-refractivity contribution in [3.63, 3.8) is 0 Å². The van der Waals surface area contributed by atoms with Gasteiger partial charge in [-0.25, -0.2) is 0 Å². The molecule has 0 radical (unpaired) electrons. The van der Waals surface area contributed by atoms with Crippen LogP contribution in [0.25, 0.3) is 5.57 Å². The second-order valence-electron chi connectivity index (χ2n) is 12.2. The number of rotatable bonds is 7. The molecule has 40 heavy (non-hydrogen) atoms. The van der Waals surface area contributed by atoms with Gasteiger partial charge in [0.1, 0.15) is 5.78 Å². The predicted octanol–water partition coefficient (Wildman–Crippen LogP) is 7.39. The van der Waals surface area contributed by atoms with Gasteiger partial charge in [-0.15, -0.1) is 0 Å². The number of likely N-dealkylation sites (tertiary alicyclic amines) is 1. The van der Waals surface area contributed by atoms with Crippen LogP contribution in [0.1, 0.15) is 84.4 Å². The highest BCUT2D eigenvalue weighted by Crippen LogP contribution is 2.33. The van der Waals surface area contributed by atoms with Crippen molar-refractivity contribution in [2.45, 2.75) is 80.1 Å². The highest BCUT2D eigenvalue weighted by molar-refractivity contribution is 5.85. The van der Waals surface area contributed by atoms with E-state index in [1.807, 2.05) is 13.1 Å². The molecular weight excluding hydrogens is 494 g/mol. The van der Waals surface area contributed by atoms with Gasteiger partial charge in [0, 0.05) is 49.2 Å². The zero-order chi connectivity index (χ0) is 28.8. The predicted molar refractivity (Wildman–Crippen MR) is 164 cm³/mol. The number of carbonyl (C=O) groups is 2. The van der Waals surface area contributed by atoms with E-state index in [9.17, 15) is 9.59 Å². The minimum atomic E-state index is 0.0162. The maximum atomic E-state index is 13.2. The molecular formula is C35H45N3O2. The Morgan fingerprint density at radius 1 is 1.12 bits per heavy atom. The molecule has 1 aliphatic heterocycles. The number of hydrogen-bond acceptors (Lipinski definition) is 4. The summed E-state index contributed by atoms with van der Waals surface area (Å²) in [6, 6.07) is 4.19. The summed E-state index contributed by atoms with van der Waals surface area (Å²) in [5.41, 5.74) is 10.3. The van der Waals surface area contributed by atoms with Crippen molar-refractivity contribution in [1.29, 1.82) is 0 Å². The van der Waals surface area contributed by atoms with Gasteiger partial charge in [-0.1, -0.05) is 30.2 Å². The monoisotopic (exact) mass is 539 g/mol. The minimum absolute atomic E-state index is 0.0162. The summed E-state index contributed by atoms with van der Waals surface area (Å²) in [6.45, 7) is 14.4. The fourth-order valence-corrected chi connectivity index (χ4v) is 6.41. The van der Waals surface area contributed by atoms with Gasteiger partial charge in [0.05, 0.1) is 6.42 Å². The summed E-state index contributed by atoms with van der Waals surface area (Å²) in [6.07, 6.45) is 17.4. The van der Waals surface area contributed by atoms with Gasteiger partial charge < -0.3 is 15.0 Å². The number of carbonyl (C=O) groups excluding carboxylic acids is 2. The molecule has 1 N–H and O–H groups in total. The number of hydrogen-bond donors (Lipinski definition) is 1. The molecule has 5 heteroatoms. The van der Waals surface area contributed by atoms with Crippen molar-refractivity contribution < 1.29 is 9.59 Å². The summed E-state index contributed by atoms with van der Waals surface area (Å²) >= 11 is 0. The average Bonchev–Trinajstić information content (AvgIpc) is 3.22. The molecule has 1 amide bonds. The van der Waals surface area contributed by atoms with Gasteiger partial charge in [0.2, 0.25) is 5.91 Å². The minimum Gasteiger partial charge on any atom is -0.371 e. The Bertz CT molecular complexity index is 1340. The van der Waals surface area contributed by atoms with Crippen molar-refractivity contribution in [1.82, 2.24) is 15.2 Å². The Hall–Kier alpha value is -3.47. The van der Waals surface area contributed by atoms with Gasteiger partial charge in [-0.3, -0.25) is 9.78 Å². The summed E-state index contributed by atoms with van der Waals surface area (Å²) in [4.78, 5) is 31.7. The van der Waals surface area contributed by atoms with Crippen LogP contribution in [0.3, 0.4) is 0 Å². The molecule has 2 aliphatic carbocycles. The molecule has 2 unspecified atom stereocenters. The van der Waals surface area contributed by atoms with Crippen LogP contribution in [0.5, 0.6) is 0 Å². The molecule has 1 fully saturated rings.